The van der Waals surface area contributed by atoms with Gasteiger partial charge in [-0.25, -0.2) is 4.39 Å². The fraction of sp³-hybridized carbons (Fsp3) is 0.500. The summed E-state index contributed by atoms with van der Waals surface area (Å²) in [5.74, 6) is -0.406. The highest BCUT2D eigenvalue weighted by atomic mass is 19.1. The zero-order valence-electron chi connectivity index (χ0n) is 12.4. The normalized spacial score (nSPS) is 25.2. The summed E-state index contributed by atoms with van der Waals surface area (Å²) in [6.07, 6.45) is 3.24. The van der Waals surface area contributed by atoms with E-state index in [4.69, 9.17) is 11.0 Å². The SMILES string of the molecule is Cc1c(F)cc(C#N)cc1NC(=O)C1(N)CCCC(C)C1. The predicted molar refractivity (Wildman–Crippen MR) is 79.0 cm³/mol. The summed E-state index contributed by atoms with van der Waals surface area (Å²) in [6.45, 7) is 3.65. The zero-order valence-corrected chi connectivity index (χ0v) is 12.4. The van der Waals surface area contributed by atoms with Gasteiger partial charge in [0.25, 0.3) is 0 Å². The van der Waals surface area contributed by atoms with Gasteiger partial charge in [-0.05, 0) is 37.8 Å². The van der Waals surface area contributed by atoms with E-state index < -0.39 is 11.4 Å². The van der Waals surface area contributed by atoms with Gasteiger partial charge in [0.05, 0.1) is 17.2 Å². The molecule has 1 aliphatic rings. The van der Waals surface area contributed by atoms with Crippen molar-refractivity contribution in [3.63, 3.8) is 0 Å². The van der Waals surface area contributed by atoms with Crippen LogP contribution < -0.4 is 11.1 Å². The van der Waals surface area contributed by atoms with Crippen LogP contribution in [-0.4, -0.2) is 11.4 Å². The summed E-state index contributed by atoms with van der Waals surface area (Å²) < 4.78 is 13.7. The smallest absolute Gasteiger partial charge is 0.244 e. The van der Waals surface area contributed by atoms with Gasteiger partial charge >= 0.3 is 0 Å². The molecule has 1 aliphatic carbocycles. The van der Waals surface area contributed by atoms with E-state index in [1.165, 1.54) is 6.07 Å². The molecule has 4 nitrogen and oxygen atoms in total. The monoisotopic (exact) mass is 289 g/mol. The number of hydrogen-bond donors (Lipinski definition) is 2. The van der Waals surface area contributed by atoms with Gasteiger partial charge in [0.2, 0.25) is 5.91 Å². The maximum Gasteiger partial charge on any atom is 0.244 e. The highest BCUT2D eigenvalue weighted by molar-refractivity contribution is 5.98. The number of halogens is 1. The van der Waals surface area contributed by atoms with Crippen LogP contribution in [0.5, 0.6) is 0 Å². The van der Waals surface area contributed by atoms with Gasteiger partial charge in [0, 0.05) is 11.3 Å². The Labute approximate surface area is 124 Å². The molecular weight excluding hydrogens is 269 g/mol. The van der Waals surface area contributed by atoms with Crippen LogP contribution in [0, 0.1) is 30.0 Å². The summed E-state index contributed by atoms with van der Waals surface area (Å²) >= 11 is 0. The number of hydrogen-bond acceptors (Lipinski definition) is 3. The molecule has 1 aromatic carbocycles. The Balaban J connectivity index is 2.24. The van der Waals surface area contributed by atoms with Crippen LogP contribution in [0.4, 0.5) is 10.1 Å². The summed E-state index contributed by atoms with van der Waals surface area (Å²) in [4.78, 5) is 12.5. The van der Waals surface area contributed by atoms with E-state index in [1.54, 1.807) is 6.92 Å². The molecule has 2 atom stereocenters. The van der Waals surface area contributed by atoms with Crippen LogP contribution in [0.3, 0.4) is 0 Å². The first-order chi connectivity index (χ1) is 9.85. The van der Waals surface area contributed by atoms with E-state index >= 15 is 0 Å². The van der Waals surface area contributed by atoms with E-state index in [1.807, 2.05) is 6.07 Å². The molecule has 2 rings (SSSR count). The molecule has 3 N–H and O–H groups in total. The first-order valence-corrected chi connectivity index (χ1v) is 7.16. The van der Waals surface area contributed by atoms with Crippen LogP contribution in [0.1, 0.15) is 43.7 Å². The average molecular weight is 289 g/mol. The number of nitrogens with zero attached hydrogens (tertiary/aromatic N) is 1. The zero-order chi connectivity index (χ0) is 15.6. The average Bonchev–Trinajstić information content (AvgIpc) is 2.43. The van der Waals surface area contributed by atoms with Crippen LogP contribution in [0.2, 0.25) is 0 Å². The van der Waals surface area contributed by atoms with Crippen molar-refractivity contribution in [1.82, 2.24) is 0 Å². The lowest BCUT2D eigenvalue weighted by Crippen LogP contribution is -2.53. The molecular formula is C16H20FN3O. The van der Waals surface area contributed by atoms with Crippen molar-refractivity contribution in [2.45, 2.75) is 45.1 Å². The molecule has 0 saturated heterocycles. The minimum absolute atomic E-state index is 0.177. The Bertz CT molecular complexity index is 608. The Kier molecular flexibility index (Phi) is 4.29. The minimum Gasteiger partial charge on any atom is -0.324 e. The van der Waals surface area contributed by atoms with Crippen molar-refractivity contribution in [1.29, 1.82) is 5.26 Å². The minimum atomic E-state index is -0.913. The fourth-order valence-corrected chi connectivity index (χ4v) is 2.92. The molecule has 0 heterocycles. The second-order valence-corrected chi connectivity index (χ2v) is 6.05. The molecule has 0 spiro atoms. The van der Waals surface area contributed by atoms with Gasteiger partial charge < -0.3 is 11.1 Å². The molecule has 1 aromatic rings. The number of benzene rings is 1. The third-order valence-electron chi connectivity index (χ3n) is 4.21. The first kappa shape index (κ1) is 15.5. The second-order valence-electron chi connectivity index (χ2n) is 6.05. The molecule has 1 saturated carbocycles. The van der Waals surface area contributed by atoms with Crippen molar-refractivity contribution in [3.8, 4) is 6.07 Å². The molecule has 0 aromatic heterocycles. The Morgan fingerprint density at radius 2 is 2.29 bits per heavy atom. The molecule has 0 aliphatic heterocycles. The predicted octanol–water partition coefficient (Wildman–Crippen LogP) is 2.85. The number of rotatable bonds is 2. The maximum absolute atomic E-state index is 13.7. The van der Waals surface area contributed by atoms with Gasteiger partial charge in [0.1, 0.15) is 5.82 Å². The highest BCUT2D eigenvalue weighted by Crippen LogP contribution is 2.32. The Morgan fingerprint density at radius 1 is 1.57 bits per heavy atom. The molecule has 0 bridgehead atoms. The van der Waals surface area contributed by atoms with E-state index in [0.29, 0.717) is 30.0 Å². The summed E-state index contributed by atoms with van der Waals surface area (Å²) in [6, 6.07) is 4.52. The van der Waals surface area contributed by atoms with Gasteiger partial charge in [0.15, 0.2) is 0 Å². The Hall–Kier alpha value is -1.93. The fourth-order valence-electron chi connectivity index (χ4n) is 2.92. The number of carbonyl (C=O) groups excluding carboxylic acids is 1. The summed E-state index contributed by atoms with van der Waals surface area (Å²) in [5.41, 5.74) is 6.13. The van der Waals surface area contributed by atoms with Crippen molar-refractivity contribution >= 4 is 11.6 Å². The molecule has 1 fully saturated rings. The van der Waals surface area contributed by atoms with Crippen molar-refractivity contribution in [3.05, 3.63) is 29.1 Å². The molecule has 5 heteroatoms. The van der Waals surface area contributed by atoms with Gasteiger partial charge in [-0.15, -0.1) is 0 Å². The summed E-state index contributed by atoms with van der Waals surface area (Å²) in [5, 5.41) is 11.6. The van der Waals surface area contributed by atoms with Crippen molar-refractivity contribution in [2.24, 2.45) is 11.7 Å². The van der Waals surface area contributed by atoms with E-state index in [0.717, 1.165) is 18.9 Å². The lowest BCUT2D eigenvalue weighted by Gasteiger charge is -2.35. The van der Waals surface area contributed by atoms with E-state index in [2.05, 4.69) is 12.2 Å². The molecule has 21 heavy (non-hydrogen) atoms. The first-order valence-electron chi connectivity index (χ1n) is 7.16. The lowest BCUT2D eigenvalue weighted by molar-refractivity contribution is -0.122. The third kappa shape index (κ3) is 3.22. The molecule has 112 valence electrons. The largest absolute Gasteiger partial charge is 0.324 e. The maximum atomic E-state index is 13.7. The summed E-state index contributed by atoms with van der Waals surface area (Å²) in [7, 11) is 0. The van der Waals surface area contributed by atoms with Gasteiger partial charge in [-0.2, -0.15) is 5.26 Å². The van der Waals surface area contributed by atoms with Crippen molar-refractivity contribution < 1.29 is 9.18 Å². The van der Waals surface area contributed by atoms with Crippen LogP contribution in [-0.2, 0) is 4.79 Å². The molecule has 0 radical (unpaired) electrons. The Morgan fingerprint density at radius 3 is 2.90 bits per heavy atom. The quantitative estimate of drug-likeness (QED) is 0.878. The topological polar surface area (TPSA) is 78.9 Å². The van der Waals surface area contributed by atoms with Crippen LogP contribution in [0.15, 0.2) is 12.1 Å². The number of amides is 1. The second kappa shape index (κ2) is 5.82. The van der Waals surface area contributed by atoms with Crippen LogP contribution in [0.25, 0.3) is 0 Å². The number of nitrogens with two attached hydrogens (primary N) is 1. The molecule has 2 unspecified atom stereocenters. The number of anilines is 1. The number of carbonyl (C=O) groups is 1. The van der Waals surface area contributed by atoms with Crippen LogP contribution >= 0.6 is 0 Å². The van der Waals surface area contributed by atoms with Crippen molar-refractivity contribution in [2.75, 3.05) is 5.32 Å². The molecule has 1 amide bonds. The van der Waals surface area contributed by atoms with E-state index in [9.17, 15) is 9.18 Å². The van der Waals surface area contributed by atoms with Gasteiger partial charge in [-0.3, -0.25) is 4.79 Å². The number of nitrogens with one attached hydrogen (secondary N) is 1. The van der Waals surface area contributed by atoms with E-state index in [-0.39, 0.29) is 11.5 Å². The standard InChI is InChI=1S/C16H20FN3O/c1-10-4-3-5-16(19,8-10)15(21)20-14-7-12(9-18)6-13(17)11(14)2/h6-7,10H,3-5,8,19H2,1-2H3,(H,20,21). The number of nitriles is 1. The lowest BCUT2D eigenvalue weighted by atomic mass is 9.76. The van der Waals surface area contributed by atoms with Gasteiger partial charge in [-0.1, -0.05) is 19.8 Å². The third-order valence-corrected chi connectivity index (χ3v) is 4.21. The highest BCUT2D eigenvalue weighted by Gasteiger charge is 2.38.